The quantitative estimate of drug-likeness (QED) is 0.394. The van der Waals surface area contributed by atoms with E-state index >= 15 is 0 Å². The van der Waals surface area contributed by atoms with E-state index in [2.05, 4.69) is 46.6 Å². The molecule has 0 bridgehead atoms. The van der Waals surface area contributed by atoms with E-state index in [0.717, 1.165) is 24.4 Å². The van der Waals surface area contributed by atoms with Crippen molar-refractivity contribution in [2.75, 3.05) is 19.0 Å². The summed E-state index contributed by atoms with van der Waals surface area (Å²) in [5, 5.41) is 28.6. The number of para-hydroxylation sites is 2. The number of quaternary nitrogens is 1. The Kier molecular flexibility index (Phi) is 6.43. The van der Waals surface area contributed by atoms with Gasteiger partial charge in [-0.2, -0.15) is 10.3 Å². The number of hydrogen-bond acceptors (Lipinski definition) is 5. The van der Waals surface area contributed by atoms with Crippen LogP contribution in [-0.2, 0) is 6.54 Å². The van der Waals surface area contributed by atoms with Gasteiger partial charge >= 0.3 is 0 Å². The lowest BCUT2D eigenvalue weighted by Crippen LogP contribution is -2.99. The van der Waals surface area contributed by atoms with Crippen LogP contribution >= 0.6 is 0 Å². The minimum atomic E-state index is -0.946. The Balaban J connectivity index is 1.46. The molecule has 0 saturated heterocycles. The highest BCUT2D eigenvalue weighted by Crippen LogP contribution is 2.34. The zero-order chi connectivity index (χ0) is 22.8. The Morgan fingerprint density at radius 2 is 1.84 bits per heavy atom. The Morgan fingerprint density at radius 3 is 2.53 bits per heavy atom. The lowest BCUT2D eigenvalue weighted by atomic mass is 9.96. The normalized spacial score (nSPS) is 18.8. The van der Waals surface area contributed by atoms with Crippen molar-refractivity contribution < 1.29 is 10.4 Å². The molecule has 2 aromatic carbocycles. The van der Waals surface area contributed by atoms with E-state index in [1.165, 1.54) is 16.8 Å². The van der Waals surface area contributed by atoms with Crippen LogP contribution in [0.25, 0.3) is 5.69 Å². The Labute approximate surface area is 189 Å². The number of aromatic nitrogens is 2. The van der Waals surface area contributed by atoms with Crippen molar-refractivity contribution in [1.82, 2.24) is 15.1 Å². The lowest BCUT2D eigenvalue weighted by Gasteiger charge is -2.17. The van der Waals surface area contributed by atoms with Crippen molar-refractivity contribution in [2.24, 2.45) is 0 Å². The maximum absolute atomic E-state index is 11.7. The first-order valence-corrected chi connectivity index (χ1v) is 10.9. The summed E-state index contributed by atoms with van der Waals surface area (Å²) in [6, 6.07) is 15.9. The molecule has 0 spiro atoms. The third-order valence-corrected chi connectivity index (χ3v) is 6.19. The van der Waals surface area contributed by atoms with Gasteiger partial charge in [-0.3, -0.25) is 0 Å². The molecule has 32 heavy (non-hydrogen) atoms. The van der Waals surface area contributed by atoms with Crippen LogP contribution in [0.3, 0.4) is 0 Å². The largest absolute Gasteiger partial charge is 0.595 e. The average molecular weight is 434 g/mol. The van der Waals surface area contributed by atoms with Crippen LogP contribution < -0.4 is 15.4 Å². The summed E-state index contributed by atoms with van der Waals surface area (Å²) in [5.74, 6) is 0.259. The molecule has 0 amide bonds. The molecule has 7 nitrogen and oxygen atoms in total. The number of rotatable bonds is 7. The molecule has 1 unspecified atom stereocenters. The van der Waals surface area contributed by atoms with Gasteiger partial charge in [0.25, 0.3) is 0 Å². The number of anilines is 1. The summed E-state index contributed by atoms with van der Waals surface area (Å²) >= 11 is 0. The van der Waals surface area contributed by atoms with Crippen molar-refractivity contribution in [1.29, 1.82) is 0 Å². The standard InChI is InChI=1S/C25H31N5O2/c1-17-25(18(2)29(27-17)23-7-5-6-8-24(23)30(31)32)20-11-12-21(15-20)26-16-19-9-13-22(14-10-19)28(3)4/h5-14,20-21,26,30-31H,15-16H2,1-4H3/t20-,21+/m0/s1. The molecule has 3 atom stereocenters. The molecule has 0 saturated carbocycles. The van der Waals surface area contributed by atoms with E-state index in [1.807, 2.05) is 40.1 Å². The molecular weight excluding hydrogens is 402 g/mol. The van der Waals surface area contributed by atoms with Gasteiger partial charge in [0.2, 0.25) is 0 Å². The summed E-state index contributed by atoms with van der Waals surface area (Å²) in [5.41, 5.74) is 6.43. The Morgan fingerprint density at radius 1 is 1.12 bits per heavy atom. The molecule has 7 heteroatoms. The number of nitrogens with one attached hydrogen (secondary N) is 2. The molecule has 0 fully saturated rings. The van der Waals surface area contributed by atoms with Gasteiger partial charge in [0.15, 0.2) is 5.69 Å². The third kappa shape index (κ3) is 4.47. The first-order valence-electron chi connectivity index (χ1n) is 10.9. The van der Waals surface area contributed by atoms with Crippen LogP contribution in [-0.4, -0.2) is 35.1 Å². The van der Waals surface area contributed by atoms with Crippen LogP contribution in [0.4, 0.5) is 11.4 Å². The van der Waals surface area contributed by atoms with Gasteiger partial charge < -0.3 is 15.4 Å². The molecular formula is C25H31N5O2. The summed E-state index contributed by atoms with van der Waals surface area (Å²) in [7, 11) is 4.09. The molecule has 1 aliphatic rings. The van der Waals surface area contributed by atoms with Crippen LogP contribution in [0.1, 0.15) is 34.9 Å². The second-order valence-electron chi connectivity index (χ2n) is 8.59. The minimum absolute atomic E-state index is 0.256. The van der Waals surface area contributed by atoms with Crippen molar-refractivity contribution in [3.05, 3.63) is 88.4 Å². The molecule has 1 heterocycles. The fourth-order valence-corrected chi connectivity index (χ4v) is 4.49. The summed E-state index contributed by atoms with van der Waals surface area (Å²) in [6.45, 7) is 4.84. The summed E-state index contributed by atoms with van der Waals surface area (Å²) < 4.78 is 1.77. The van der Waals surface area contributed by atoms with Crippen molar-refractivity contribution >= 4 is 11.4 Å². The molecule has 3 aromatic rings. The fourth-order valence-electron chi connectivity index (χ4n) is 4.49. The van der Waals surface area contributed by atoms with Gasteiger partial charge in [-0.1, -0.05) is 36.4 Å². The maximum Gasteiger partial charge on any atom is 0.189 e. The number of hydrogen-bond donors (Lipinski definition) is 3. The van der Waals surface area contributed by atoms with Gasteiger partial charge in [-0.25, -0.2) is 9.89 Å². The Hall–Kier alpha value is -2.97. The highest BCUT2D eigenvalue weighted by atomic mass is 16.8. The zero-order valence-corrected chi connectivity index (χ0v) is 19.0. The van der Waals surface area contributed by atoms with Gasteiger partial charge in [0.05, 0.1) is 5.69 Å². The number of benzene rings is 2. The minimum Gasteiger partial charge on any atom is -0.595 e. The van der Waals surface area contributed by atoms with E-state index < -0.39 is 5.23 Å². The van der Waals surface area contributed by atoms with Crippen LogP contribution in [0.2, 0.25) is 0 Å². The molecule has 1 aliphatic carbocycles. The molecule has 0 aliphatic heterocycles. The van der Waals surface area contributed by atoms with E-state index in [1.54, 1.807) is 16.8 Å². The summed E-state index contributed by atoms with van der Waals surface area (Å²) in [4.78, 5) is 2.10. The third-order valence-electron chi connectivity index (χ3n) is 6.19. The predicted molar refractivity (Wildman–Crippen MR) is 127 cm³/mol. The van der Waals surface area contributed by atoms with Gasteiger partial charge in [-0.05, 0) is 44.0 Å². The topological polar surface area (TPSA) is 80.8 Å². The smallest absolute Gasteiger partial charge is 0.189 e. The van der Waals surface area contributed by atoms with Gasteiger partial charge in [-0.15, -0.1) is 0 Å². The van der Waals surface area contributed by atoms with Crippen molar-refractivity contribution in [3.8, 4) is 5.69 Å². The van der Waals surface area contributed by atoms with Gasteiger partial charge in [0, 0.05) is 55.6 Å². The fraction of sp³-hybridized carbons (Fsp3) is 0.320. The molecule has 168 valence electrons. The zero-order valence-electron chi connectivity index (χ0n) is 19.0. The second kappa shape index (κ2) is 9.26. The number of nitrogens with zero attached hydrogens (tertiary/aromatic N) is 3. The van der Waals surface area contributed by atoms with E-state index in [-0.39, 0.29) is 11.6 Å². The Bertz CT molecular complexity index is 1100. The van der Waals surface area contributed by atoms with Crippen LogP contribution in [0.15, 0.2) is 60.7 Å². The molecule has 0 radical (unpaired) electrons. The second-order valence-corrected chi connectivity index (χ2v) is 8.59. The first-order chi connectivity index (χ1) is 15.3. The van der Waals surface area contributed by atoms with E-state index in [4.69, 9.17) is 5.10 Å². The predicted octanol–water partition coefficient (Wildman–Crippen LogP) is 3.16. The monoisotopic (exact) mass is 433 g/mol. The van der Waals surface area contributed by atoms with E-state index in [0.29, 0.717) is 11.7 Å². The average Bonchev–Trinajstić information content (AvgIpc) is 3.35. The molecule has 1 aromatic heterocycles. The first kappa shape index (κ1) is 22.2. The number of allylic oxidation sites excluding steroid dienone is 1. The maximum atomic E-state index is 11.7. The number of aryl methyl sites for hydroxylation is 1. The van der Waals surface area contributed by atoms with Crippen molar-refractivity contribution in [2.45, 2.75) is 38.8 Å². The highest BCUT2D eigenvalue weighted by Gasteiger charge is 2.27. The van der Waals surface area contributed by atoms with Crippen LogP contribution in [0, 0.1) is 19.1 Å². The lowest BCUT2D eigenvalue weighted by molar-refractivity contribution is -0.991. The molecule has 3 N–H and O–H groups in total. The van der Waals surface area contributed by atoms with Crippen molar-refractivity contribution in [3.63, 3.8) is 0 Å². The molecule has 4 rings (SSSR count). The van der Waals surface area contributed by atoms with Crippen LogP contribution in [0.5, 0.6) is 0 Å². The van der Waals surface area contributed by atoms with E-state index in [9.17, 15) is 10.4 Å². The van der Waals surface area contributed by atoms with Gasteiger partial charge in [0.1, 0.15) is 5.69 Å². The SMILES string of the molecule is Cc1nn(-c2ccccc2[NH+]([O-])O)c(C)c1[C@H]1C=C[C@@H](NCc2ccc(N(C)C)cc2)C1. The summed E-state index contributed by atoms with van der Waals surface area (Å²) in [6.07, 6.45) is 5.45. The highest BCUT2D eigenvalue weighted by molar-refractivity contribution is 5.53.